The highest BCUT2D eigenvalue weighted by atomic mass is 35.5. The summed E-state index contributed by atoms with van der Waals surface area (Å²) in [4.78, 5) is 33.6. The average Bonchev–Trinajstić information content (AvgIpc) is 3.40. The van der Waals surface area contributed by atoms with Crippen LogP contribution in [-0.4, -0.2) is 37.2 Å². The fraction of sp³-hybridized carbons (Fsp3) is 0.115. The predicted molar refractivity (Wildman–Crippen MR) is 134 cm³/mol. The second-order valence-electron chi connectivity index (χ2n) is 8.13. The van der Waals surface area contributed by atoms with Crippen molar-refractivity contribution in [3.63, 3.8) is 0 Å². The van der Waals surface area contributed by atoms with Crippen LogP contribution in [0.4, 0.5) is 0 Å². The molecule has 0 unspecified atom stereocenters. The monoisotopic (exact) mass is 484 g/mol. The number of aromatic nitrogens is 5. The summed E-state index contributed by atoms with van der Waals surface area (Å²) in [7, 11) is 0. The van der Waals surface area contributed by atoms with Crippen molar-refractivity contribution >= 4 is 28.4 Å². The molecule has 174 valence electrons. The second-order valence-corrected chi connectivity index (χ2v) is 8.53. The Morgan fingerprint density at radius 3 is 2.57 bits per heavy atom. The van der Waals surface area contributed by atoms with Gasteiger partial charge in [-0.1, -0.05) is 54.1 Å². The first-order valence-corrected chi connectivity index (χ1v) is 11.4. The van der Waals surface area contributed by atoms with Gasteiger partial charge in [-0.15, -0.1) is 10.2 Å². The van der Waals surface area contributed by atoms with E-state index >= 15 is 0 Å². The molecule has 0 saturated carbocycles. The van der Waals surface area contributed by atoms with Gasteiger partial charge in [0.2, 0.25) is 0 Å². The minimum atomic E-state index is -0.368. The smallest absolute Gasteiger partial charge is 0.259 e. The molecule has 0 aliphatic rings. The van der Waals surface area contributed by atoms with E-state index in [0.717, 1.165) is 16.8 Å². The van der Waals surface area contributed by atoms with Crippen molar-refractivity contribution in [2.45, 2.75) is 12.8 Å². The predicted octanol–water partition coefficient (Wildman–Crippen LogP) is 4.03. The van der Waals surface area contributed by atoms with E-state index in [1.165, 1.54) is 0 Å². The molecule has 5 rings (SSSR count). The quantitative estimate of drug-likeness (QED) is 0.378. The van der Waals surface area contributed by atoms with E-state index in [0.29, 0.717) is 27.3 Å². The number of nitrogens with zero attached hydrogens (tertiary/aromatic N) is 4. The number of fused-ring (bicyclic) bond motifs is 1. The third-order valence-corrected chi connectivity index (χ3v) is 6.19. The molecule has 0 fully saturated rings. The van der Waals surface area contributed by atoms with E-state index in [-0.39, 0.29) is 23.9 Å². The van der Waals surface area contributed by atoms with Gasteiger partial charge in [0.15, 0.2) is 0 Å². The van der Waals surface area contributed by atoms with Crippen LogP contribution in [0.25, 0.3) is 16.6 Å². The van der Waals surface area contributed by atoms with Crippen LogP contribution in [0.15, 0.2) is 84.2 Å². The summed E-state index contributed by atoms with van der Waals surface area (Å²) in [6, 6.07) is 20.3. The molecular weight excluding hydrogens is 464 g/mol. The summed E-state index contributed by atoms with van der Waals surface area (Å²) in [6.45, 7) is 2.10. The Labute approximate surface area is 205 Å². The first kappa shape index (κ1) is 22.5. The number of halogens is 1. The average molecular weight is 485 g/mol. The fourth-order valence-electron chi connectivity index (χ4n) is 4.07. The lowest BCUT2D eigenvalue weighted by Crippen LogP contribution is -2.31. The van der Waals surface area contributed by atoms with Crippen molar-refractivity contribution in [3.05, 3.63) is 117 Å². The first-order valence-electron chi connectivity index (χ1n) is 11.0. The number of H-pyrrole nitrogens is 1. The number of amides is 1. The van der Waals surface area contributed by atoms with Crippen LogP contribution in [-0.2, 0) is 0 Å². The molecule has 5 aromatic rings. The summed E-state index contributed by atoms with van der Waals surface area (Å²) in [5, 5.41) is 11.4. The standard InChI is InChI=1S/C26H21ClN6O2/c1-16-6-5-9-22-23(16)26(35)32-24(31-22)20(17-7-3-2-4-8-17)13-28-25(34)19-11-10-18(12-21(19)27)33-14-29-30-15-33/h2-12,14-15,20H,13H2,1H3,(H,28,34)(H,31,32,35)/t20-/m0/s1. The summed E-state index contributed by atoms with van der Waals surface area (Å²) in [5.74, 6) is -0.216. The van der Waals surface area contributed by atoms with Gasteiger partial charge in [0.05, 0.1) is 27.4 Å². The molecule has 2 aromatic heterocycles. The van der Waals surface area contributed by atoms with Gasteiger partial charge in [0, 0.05) is 12.2 Å². The number of rotatable bonds is 6. The van der Waals surface area contributed by atoms with Gasteiger partial charge >= 0.3 is 0 Å². The fourth-order valence-corrected chi connectivity index (χ4v) is 4.33. The lowest BCUT2D eigenvalue weighted by atomic mass is 9.97. The first-order chi connectivity index (χ1) is 17.0. The SMILES string of the molecule is Cc1cccc2nc([C@@H](CNC(=O)c3ccc(-n4cnnc4)cc3Cl)c3ccccc3)[nH]c(=O)c12. The normalized spacial score (nSPS) is 11.9. The van der Waals surface area contributed by atoms with E-state index in [9.17, 15) is 9.59 Å². The van der Waals surface area contributed by atoms with E-state index in [1.54, 1.807) is 35.4 Å². The van der Waals surface area contributed by atoms with Crippen LogP contribution < -0.4 is 10.9 Å². The Kier molecular flexibility index (Phi) is 6.12. The number of nitrogens with one attached hydrogen (secondary N) is 2. The zero-order valence-electron chi connectivity index (χ0n) is 18.8. The number of aryl methyl sites for hydroxylation is 1. The largest absolute Gasteiger partial charge is 0.351 e. The van der Waals surface area contributed by atoms with Crippen LogP contribution in [0.2, 0.25) is 5.02 Å². The highest BCUT2D eigenvalue weighted by Crippen LogP contribution is 2.24. The zero-order chi connectivity index (χ0) is 24.4. The van der Waals surface area contributed by atoms with Crippen LogP contribution in [0.1, 0.15) is 33.2 Å². The van der Waals surface area contributed by atoms with Crippen LogP contribution in [0.3, 0.4) is 0 Å². The second kappa shape index (κ2) is 9.52. The lowest BCUT2D eigenvalue weighted by Gasteiger charge is -2.18. The molecule has 2 heterocycles. The molecule has 9 heteroatoms. The molecule has 0 saturated heterocycles. The molecule has 35 heavy (non-hydrogen) atoms. The van der Waals surface area contributed by atoms with E-state index < -0.39 is 0 Å². The van der Waals surface area contributed by atoms with Crippen molar-refractivity contribution in [3.8, 4) is 5.69 Å². The van der Waals surface area contributed by atoms with Gasteiger partial charge in [-0.3, -0.25) is 14.2 Å². The maximum atomic E-state index is 13.0. The molecule has 2 N–H and O–H groups in total. The number of benzene rings is 3. The van der Waals surface area contributed by atoms with Crippen molar-refractivity contribution in [2.24, 2.45) is 0 Å². The Bertz CT molecular complexity index is 1560. The highest BCUT2D eigenvalue weighted by molar-refractivity contribution is 6.34. The minimum Gasteiger partial charge on any atom is -0.351 e. The number of hydrogen-bond acceptors (Lipinski definition) is 5. The van der Waals surface area contributed by atoms with Crippen molar-refractivity contribution in [1.29, 1.82) is 0 Å². The topological polar surface area (TPSA) is 106 Å². The number of hydrogen-bond donors (Lipinski definition) is 2. The summed E-state index contributed by atoms with van der Waals surface area (Å²) in [5.41, 5.74) is 3.26. The van der Waals surface area contributed by atoms with Crippen LogP contribution in [0, 0.1) is 6.92 Å². The van der Waals surface area contributed by atoms with E-state index in [4.69, 9.17) is 16.6 Å². The molecule has 0 aliphatic carbocycles. The molecule has 3 aromatic carbocycles. The van der Waals surface area contributed by atoms with Crippen molar-refractivity contribution in [1.82, 2.24) is 30.0 Å². The summed E-state index contributed by atoms with van der Waals surface area (Å²) >= 11 is 6.42. The van der Waals surface area contributed by atoms with Gasteiger partial charge in [-0.05, 0) is 42.3 Å². The zero-order valence-corrected chi connectivity index (χ0v) is 19.5. The van der Waals surface area contributed by atoms with Crippen molar-refractivity contribution in [2.75, 3.05) is 6.54 Å². The molecule has 1 amide bonds. The maximum Gasteiger partial charge on any atom is 0.259 e. The highest BCUT2D eigenvalue weighted by Gasteiger charge is 2.21. The number of carbonyl (C=O) groups excluding carboxylic acids is 1. The summed E-state index contributed by atoms with van der Waals surface area (Å²) in [6.07, 6.45) is 3.10. The maximum absolute atomic E-state index is 13.0. The van der Waals surface area contributed by atoms with Crippen LogP contribution in [0.5, 0.6) is 0 Å². The molecule has 0 bridgehead atoms. The van der Waals surface area contributed by atoms with Gasteiger partial charge in [0.25, 0.3) is 11.5 Å². The molecule has 0 spiro atoms. The Morgan fingerprint density at radius 1 is 1.06 bits per heavy atom. The lowest BCUT2D eigenvalue weighted by molar-refractivity contribution is 0.0952. The van der Waals surface area contributed by atoms with Gasteiger partial charge < -0.3 is 10.3 Å². The van der Waals surface area contributed by atoms with Gasteiger partial charge in [-0.2, -0.15) is 0 Å². The van der Waals surface area contributed by atoms with E-state index in [2.05, 4.69) is 20.5 Å². The Morgan fingerprint density at radius 2 is 1.83 bits per heavy atom. The third kappa shape index (κ3) is 4.56. The Hall–Kier alpha value is -4.30. The third-order valence-electron chi connectivity index (χ3n) is 5.87. The molecular formula is C26H21ClN6O2. The minimum absolute atomic E-state index is 0.206. The summed E-state index contributed by atoms with van der Waals surface area (Å²) < 4.78 is 1.70. The number of carbonyl (C=O) groups is 1. The van der Waals surface area contributed by atoms with Gasteiger partial charge in [-0.25, -0.2) is 4.98 Å². The molecule has 1 atom stereocenters. The van der Waals surface area contributed by atoms with E-state index in [1.807, 2.05) is 55.5 Å². The number of aromatic amines is 1. The Balaban J connectivity index is 1.44. The van der Waals surface area contributed by atoms with Crippen molar-refractivity contribution < 1.29 is 4.79 Å². The molecule has 0 aliphatic heterocycles. The van der Waals surface area contributed by atoms with Crippen LogP contribution >= 0.6 is 11.6 Å². The van der Waals surface area contributed by atoms with Gasteiger partial charge in [0.1, 0.15) is 18.5 Å². The molecule has 0 radical (unpaired) electrons. The molecule has 8 nitrogen and oxygen atoms in total.